The Balaban J connectivity index is 2.78. The van der Waals surface area contributed by atoms with E-state index in [4.69, 9.17) is 0 Å². The Morgan fingerprint density at radius 1 is 1.16 bits per heavy atom. The van der Waals surface area contributed by atoms with Gasteiger partial charge in [0, 0.05) is 5.41 Å². The highest BCUT2D eigenvalue weighted by Gasteiger charge is 2.33. The van der Waals surface area contributed by atoms with Gasteiger partial charge in [-0.2, -0.15) is 0 Å². The zero-order valence-electron chi connectivity index (χ0n) is 12.3. The number of carbonyl (C=O) groups excluding carboxylic acids is 1. The first-order valence-electron chi connectivity index (χ1n) is 7.05. The van der Waals surface area contributed by atoms with E-state index >= 15 is 0 Å². The zero-order valence-corrected chi connectivity index (χ0v) is 12.3. The number of hydrogen-bond acceptors (Lipinski definition) is 1. The van der Waals surface area contributed by atoms with Crippen LogP contribution in [0.25, 0.3) is 0 Å². The molecular formula is C16H24FNO. The standard InChI is InChI=1S/C16H24FNO/c1-5-16(6-2,7-3)15(19)18-12(4)13-8-10-14(17)11-9-13/h8-12H,5-7H2,1-4H3,(H,18,19). The van der Waals surface area contributed by atoms with Gasteiger partial charge in [-0.1, -0.05) is 32.9 Å². The van der Waals surface area contributed by atoms with Crippen molar-refractivity contribution in [2.75, 3.05) is 0 Å². The van der Waals surface area contributed by atoms with Gasteiger partial charge in [0.2, 0.25) is 5.91 Å². The summed E-state index contributed by atoms with van der Waals surface area (Å²) in [6.07, 6.45) is 2.51. The Morgan fingerprint density at radius 3 is 2.05 bits per heavy atom. The second-order valence-corrected chi connectivity index (χ2v) is 5.09. The quantitative estimate of drug-likeness (QED) is 0.819. The van der Waals surface area contributed by atoms with Crippen LogP contribution >= 0.6 is 0 Å². The maximum Gasteiger partial charge on any atom is 0.226 e. The molecule has 0 aliphatic rings. The summed E-state index contributed by atoms with van der Waals surface area (Å²) in [6.45, 7) is 8.08. The van der Waals surface area contributed by atoms with Crippen molar-refractivity contribution in [2.24, 2.45) is 5.41 Å². The summed E-state index contributed by atoms with van der Waals surface area (Å²) in [5.74, 6) is -0.163. The Labute approximate surface area is 115 Å². The van der Waals surface area contributed by atoms with Crippen LogP contribution in [0.15, 0.2) is 24.3 Å². The third kappa shape index (κ3) is 3.55. The van der Waals surface area contributed by atoms with Gasteiger partial charge in [-0.3, -0.25) is 4.79 Å². The topological polar surface area (TPSA) is 29.1 Å². The molecule has 1 amide bonds. The van der Waals surface area contributed by atoms with E-state index in [0.717, 1.165) is 24.8 Å². The minimum Gasteiger partial charge on any atom is -0.349 e. The van der Waals surface area contributed by atoms with E-state index in [0.29, 0.717) is 0 Å². The van der Waals surface area contributed by atoms with Crippen molar-refractivity contribution in [3.8, 4) is 0 Å². The molecule has 1 N–H and O–H groups in total. The number of benzene rings is 1. The van der Waals surface area contributed by atoms with Crippen molar-refractivity contribution < 1.29 is 9.18 Å². The Morgan fingerprint density at radius 2 is 1.63 bits per heavy atom. The van der Waals surface area contributed by atoms with E-state index in [1.165, 1.54) is 12.1 Å². The molecule has 2 nitrogen and oxygen atoms in total. The molecule has 1 rings (SSSR count). The van der Waals surface area contributed by atoms with Gasteiger partial charge < -0.3 is 5.32 Å². The monoisotopic (exact) mass is 265 g/mol. The molecule has 1 aromatic rings. The number of hydrogen-bond donors (Lipinski definition) is 1. The van der Waals surface area contributed by atoms with Gasteiger partial charge >= 0.3 is 0 Å². The van der Waals surface area contributed by atoms with E-state index in [1.54, 1.807) is 12.1 Å². The van der Waals surface area contributed by atoms with Crippen LogP contribution in [0.3, 0.4) is 0 Å². The Kier molecular flexibility index (Phi) is 5.52. The molecule has 0 saturated carbocycles. The van der Waals surface area contributed by atoms with Crippen molar-refractivity contribution in [3.63, 3.8) is 0 Å². The van der Waals surface area contributed by atoms with Crippen molar-refractivity contribution in [1.29, 1.82) is 0 Å². The second-order valence-electron chi connectivity index (χ2n) is 5.09. The van der Waals surface area contributed by atoms with Crippen LogP contribution in [0.5, 0.6) is 0 Å². The van der Waals surface area contributed by atoms with Gasteiger partial charge in [0.25, 0.3) is 0 Å². The minimum atomic E-state index is -0.283. The minimum absolute atomic E-state index is 0.0943. The highest BCUT2D eigenvalue weighted by molar-refractivity contribution is 5.82. The predicted octanol–water partition coefficient (Wildman–Crippen LogP) is 4.22. The Hall–Kier alpha value is -1.38. The van der Waals surface area contributed by atoms with Gasteiger partial charge in [-0.15, -0.1) is 0 Å². The summed E-state index contributed by atoms with van der Waals surface area (Å²) in [4.78, 5) is 12.4. The van der Waals surface area contributed by atoms with Gasteiger partial charge in [-0.05, 0) is 43.9 Å². The average molecular weight is 265 g/mol. The summed E-state index contributed by atoms with van der Waals surface area (Å²) in [6, 6.07) is 6.17. The van der Waals surface area contributed by atoms with E-state index in [-0.39, 0.29) is 23.2 Å². The zero-order chi connectivity index (χ0) is 14.5. The van der Waals surface area contributed by atoms with Crippen molar-refractivity contribution >= 4 is 5.91 Å². The molecule has 0 fully saturated rings. The van der Waals surface area contributed by atoms with Crippen molar-refractivity contribution in [3.05, 3.63) is 35.6 Å². The summed E-state index contributed by atoms with van der Waals surface area (Å²) >= 11 is 0. The number of amides is 1. The third-order valence-corrected chi connectivity index (χ3v) is 4.23. The molecule has 1 atom stereocenters. The summed E-state index contributed by atoms with van der Waals surface area (Å²) < 4.78 is 12.9. The highest BCUT2D eigenvalue weighted by Crippen LogP contribution is 2.31. The van der Waals surface area contributed by atoms with Crippen molar-refractivity contribution in [2.45, 2.75) is 53.0 Å². The van der Waals surface area contributed by atoms with Crippen LogP contribution in [0, 0.1) is 11.2 Å². The fourth-order valence-electron chi connectivity index (χ4n) is 2.42. The lowest BCUT2D eigenvalue weighted by atomic mass is 9.78. The maximum absolute atomic E-state index is 12.9. The van der Waals surface area contributed by atoms with Crippen molar-refractivity contribution in [1.82, 2.24) is 5.32 Å². The average Bonchev–Trinajstić information content (AvgIpc) is 2.42. The molecule has 3 heteroatoms. The van der Waals surface area contributed by atoms with Crippen LogP contribution in [0.1, 0.15) is 58.6 Å². The molecule has 0 aliphatic heterocycles. The second kappa shape index (κ2) is 6.69. The molecule has 0 bridgehead atoms. The van der Waals surface area contributed by atoms with Gasteiger partial charge in [0.15, 0.2) is 0 Å². The fourth-order valence-corrected chi connectivity index (χ4v) is 2.42. The smallest absolute Gasteiger partial charge is 0.226 e. The largest absolute Gasteiger partial charge is 0.349 e. The fraction of sp³-hybridized carbons (Fsp3) is 0.562. The molecule has 0 spiro atoms. The molecule has 106 valence electrons. The molecule has 0 saturated heterocycles. The first-order chi connectivity index (χ1) is 8.99. The third-order valence-electron chi connectivity index (χ3n) is 4.23. The molecule has 19 heavy (non-hydrogen) atoms. The van der Waals surface area contributed by atoms with Crippen LogP contribution in [-0.4, -0.2) is 5.91 Å². The first-order valence-corrected chi connectivity index (χ1v) is 7.05. The van der Waals surface area contributed by atoms with Crippen LogP contribution in [0.4, 0.5) is 4.39 Å². The lowest BCUT2D eigenvalue weighted by Gasteiger charge is -2.30. The molecule has 1 unspecified atom stereocenters. The molecule has 0 aliphatic carbocycles. The highest BCUT2D eigenvalue weighted by atomic mass is 19.1. The summed E-state index contributed by atoms with van der Waals surface area (Å²) in [5.41, 5.74) is 0.640. The van der Waals surface area contributed by atoms with Crippen LogP contribution < -0.4 is 5.32 Å². The van der Waals surface area contributed by atoms with E-state index < -0.39 is 0 Å². The van der Waals surface area contributed by atoms with Gasteiger partial charge in [-0.25, -0.2) is 4.39 Å². The summed E-state index contributed by atoms with van der Waals surface area (Å²) in [7, 11) is 0. The number of nitrogens with one attached hydrogen (secondary N) is 1. The molecule has 0 aromatic heterocycles. The van der Waals surface area contributed by atoms with E-state index in [1.807, 2.05) is 6.92 Å². The molecule has 0 heterocycles. The summed E-state index contributed by atoms with van der Waals surface area (Å²) in [5, 5.41) is 3.05. The van der Waals surface area contributed by atoms with Crippen LogP contribution in [0.2, 0.25) is 0 Å². The lowest BCUT2D eigenvalue weighted by molar-refractivity contribution is -0.132. The predicted molar refractivity (Wildman–Crippen MR) is 76.3 cm³/mol. The maximum atomic E-state index is 12.9. The Bertz CT molecular complexity index is 401. The van der Waals surface area contributed by atoms with E-state index in [2.05, 4.69) is 26.1 Å². The molecular weight excluding hydrogens is 241 g/mol. The van der Waals surface area contributed by atoms with Gasteiger partial charge in [0.05, 0.1) is 6.04 Å². The SMILES string of the molecule is CCC(CC)(CC)C(=O)NC(C)c1ccc(F)cc1. The number of carbonyl (C=O) groups is 1. The number of rotatable bonds is 6. The van der Waals surface area contributed by atoms with E-state index in [9.17, 15) is 9.18 Å². The normalized spacial score (nSPS) is 13.1. The van der Waals surface area contributed by atoms with Gasteiger partial charge in [0.1, 0.15) is 5.82 Å². The molecule has 0 radical (unpaired) electrons. The number of halogens is 1. The van der Waals surface area contributed by atoms with Crippen LogP contribution in [-0.2, 0) is 4.79 Å². The lowest BCUT2D eigenvalue weighted by Crippen LogP contribution is -2.41. The first kappa shape index (κ1) is 15.7. The molecule has 1 aromatic carbocycles.